The van der Waals surface area contributed by atoms with E-state index in [0.29, 0.717) is 27.4 Å². The molecule has 6 heteroatoms. The van der Waals surface area contributed by atoms with Crippen LogP contribution in [0.1, 0.15) is 113 Å². The van der Waals surface area contributed by atoms with Crippen LogP contribution in [-0.4, -0.2) is 22.2 Å². The largest absolute Gasteiger partial charge is 0.458 e. The highest BCUT2D eigenvalue weighted by Crippen LogP contribution is 2.43. The Labute approximate surface area is 673 Å². The van der Waals surface area contributed by atoms with Crippen molar-refractivity contribution in [2.75, 3.05) is 0 Å². The fourth-order valence-electron chi connectivity index (χ4n) is 13.1. The first-order valence-corrected chi connectivity index (χ1v) is 35.1. The van der Waals surface area contributed by atoms with Crippen LogP contribution >= 0.6 is 0 Å². The Kier molecular flexibility index (Phi) is 9.05. The fraction of sp³-hybridized carbons (Fsp3) is 0.0909. The average Bonchev–Trinajstić information content (AvgIpc) is 1.48. The summed E-state index contributed by atoms with van der Waals surface area (Å²) < 4.78 is 387. The van der Waals surface area contributed by atoms with Crippen molar-refractivity contribution in [1.82, 2.24) is 14.1 Å². The smallest absolute Gasteiger partial charge is 0.269 e. The van der Waals surface area contributed by atoms with Crippen molar-refractivity contribution in [3.63, 3.8) is 0 Å². The lowest BCUT2D eigenvalue weighted by Crippen LogP contribution is -2.74. The molecule has 0 aliphatic heterocycles. The molecule has 0 unspecified atom stereocenters. The number of hydrogen-bond acceptors (Lipinski definition) is 2. The zero-order valence-electron chi connectivity index (χ0n) is 96.9. The third kappa shape index (κ3) is 12.4. The molecule has 0 aliphatic rings. The van der Waals surface area contributed by atoms with Gasteiger partial charge in [0.1, 0.15) is 17.3 Å². The van der Waals surface area contributed by atoms with Gasteiger partial charge in [0.15, 0.2) is 8.07 Å². The molecule has 0 spiro atoms. The number of benzene rings is 14. The van der Waals surface area contributed by atoms with Crippen molar-refractivity contribution in [1.29, 1.82) is 0 Å². The molecule has 0 saturated heterocycles. The maximum atomic E-state index is 11.0. The van der Waals surface area contributed by atoms with Crippen LogP contribution in [-0.2, 0) is 10.8 Å². The zero-order chi connectivity index (χ0) is 106. The van der Waals surface area contributed by atoms with E-state index in [4.69, 9.17) is 33.0 Å². The third-order valence-corrected chi connectivity index (χ3v) is 22.2. The van der Waals surface area contributed by atoms with Gasteiger partial charge in [-0.05, 0) is 183 Å². The first-order chi connectivity index (χ1) is 67.8. The second-order valence-corrected chi connectivity index (χ2v) is 30.2. The van der Waals surface area contributed by atoms with Crippen molar-refractivity contribution in [2.45, 2.75) is 59.2 Å². The van der Waals surface area contributed by atoms with E-state index in [9.17, 15) is 31.5 Å². The van der Waals surface area contributed by atoms with Crippen molar-refractivity contribution >= 4 is 61.7 Å². The minimum Gasteiger partial charge on any atom is -0.458 e. The number of aryl methyl sites for hydroxylation is 1. The molecule has 0 saturated carbocycles. The molecule has 105 heavy (non-hydrogen) atoms. The first-order valence-electron chi connectivity index (χ1n) is 53.1. The summed E-state index contributed by atoms with van der Waals surface area (Å²) in [5, 5.41) is -3.22. The molecule has 14 aromatic carbocycles. The molecule has 17 aromatic rings. The summed E-state index contributed by atoms with van der Waals surface area (Å²) in [5.74, 6) is 0.136. The van der Waals surface area contributed by atoms with Gasteiger partial charge in [-0.15, -0.1) is 0 Å². The number of para-hydroxylation sites is 2. The van der Waals surface area contributed by atoms with E-state index in [0.717, 1.165) is 17.3 Å². The van der Waals surface area contributed by atoms with E-state index in [2.05, 4.69) is 6.33 Å². The minimum atomic E-state index is -6.50. The second kappa shape index (κ2) is 27.0. The van der Waals surface area contributed by atoms with Gasteiger partial charge in [-0.1, -0.05) is 320 Å². The van der Waals surface area contributed by atoms with Gasteiger partial charge in [0, 0.05) is 32.7 Å². The number of rotatable bonds is 15. The van der Waals surface area contributed by atoms with E-state index >= 15 is 0 Å². The van der Waals surface area contributed by atoms with E-state index in [1.807, 2.05) is 65.8 Å². The number of aromatic nitrogens is 4. The molecular weight excluding hydrogens is 1290 g/mol. The summed E-state index contributed by atoms with van der Waals surface area (Å²) >= 11 is 0. The zero-order valence-corrected chi connectivity index (χ0v) is 57.9. The Hall–Kier alpha value is -12.5. The number of nitrogens with zero attached hydrogens (tertiary/aromatic N) is 4. The van der Waals surface area contributed by atoms with Gasteiger partial charge < -0.3 is 4.74 Å². The summed E-state index contributed by atoms with van der Waals surface area (Å²) in [4.78, 5) is 4.73. The molecule has 506 valence electrons. The number of pyridine rings is 1. The number of fused-ring (bicyclic) bond motifs is 4. The van der Waals surface area contributed by atoms with E-state index in [-0.39, 0.29) is 62.0 Å². The normalized spacial score (nSPS) is 17.4. The van der Waals surface area contributed by atoms with Crippen LogP contribution in [0.4, 0.5) is 0 Å². The molecule has 0 atom stereocenters. The van der Waals surface area contributed by atoms with Gasteiger partial charge in [-0.2, -0.15) is 0 Å². The maximum absolute atomic E-state index is 11.0. The molecule has 0 aliphatic carbocycles. The minimum absolute atomic E-state index is 0.00578. The van der Waals surface area contributed by atoms with Crippen LogP contribution in [0.2, 0.25) is 0 Å². The Morgan fingerprint density at radius 2 is 0.933 bits per heavy atom. The van der Waals surface area contributed by atoms with E-state index < -0.39 is 315 Å². The predicted molar refractivity (Wildman–Crippen MR) is 441 cm³/mol. The predicted octanol–water partition coefficient (Wildman–Crippen LogP) is 22.3. The highest BCUT2D eigenvalue weighted by molar-refractivity contribution is 7.20. The molecule has 17 rings (SSSR count). The van der Waals surface area contributed by atoms with Gasteiger partial charge in [0.2, 0.25) is 0 Å². The van der Waals surface area contributed by atoms with E-state index in [1.54, 1.807) is 71.3 Å². The lowest BCUT2D eigenvalue weighted by atomic mass is 9.78. The van der Waals surface area contributed by atoms with Gasteiger partial charge in [0.05, 0.1) is 84.2 Å². The topological polar surface area (TPSA) is 35.9 Å². The fourth-order valence-corrected chi connectivity index (χ4v) is 16.6. The molecular formula is C99H80N4OSi. The molecule has 0 amide bonds. The van der Waals surface area contributed by atoms with Crippen LogP contribution in [0.25, 0.3) is 117 Å². The summed E-state index contributed by atoms with van der Waals surface area (Å²) in [5.41, 5.74) is -4.44. The molecule has 3 heterocycles. The van der Waals surface area contributed by atoms with Crippen molar-refractivity contribution in [3.8, 4) is 95.5 Å². The van der Waals surface area contributed by atoms with Crippen LogP contribution in [0.15, 0.2) is 357 Å². The third-order valence-electron chi connectivity index (χ3n) is 18.2. The Balaban J connectivity index is 1.02. The Morgan fingerprint density at radius 1 is 0.400 bits per heavy atom. The standard InChI is InChI=1S/C99H80N4OSi/c1-68-55-96(100-66-91(68)71-35-18-10-19-36-71)103-92-50-27-26-47-89(92)90-53-52-82(65-94(90)103)104-81-39-29-38-80(64-81)101-67-102(93-54-51-73(62-95(93)101)72-37-28-46-86(61-72)105(83-40-20-11-21-41-83,84-42-22-12-23-43-84)85-44-24-13-25-45-85)97-87(48-30-49-88(97)77-59-78(98(2,3)4)63-79(60-77)99(5,6)7)76-57-74(69-31-14-8-15-32-69)56-75(58-76)70-33-16-9-17-34-70/h8-66H,1-7H3/i1D3,8D,9D,10D,11D,12D,13D,14D,15D,16D,17D,18D,19D,20D,21D,22D,23D,24D,25D,28D,31D,32D,33D,34D,35D,36D,37D,40D,41D,42D,43D,44D,45D,46D,56D,57D,58D,61D. The molecule has 5 nitrogen and oxygen atoms in total. The summed E-state index contributed by atoms with van der Waals surface area (Å²) in [6.45, 7) is 8.82. The molecule has 0 fully saturated rings. The van der Waals surface area contributed by atoms with E-state index in [1.165, 1.54) is 45.5 Å². The molecule has 0 radical (unpaired) electrons. The van der Waals surface area contributed by atoms with Crippen LogP contribution < -0.4 is 30.1 Å². The van der Waals surface area contributed by atoms with Gasteiger partial charge in [-0.3, -0.25) is 13.7 Å². The van der Waals surface area contributed by atoms with Crippen molar-refractivity contribution in [3.05, 3.63) is 380 Å². The lowest BCUT2D eigenvalue weighted by molar-refractivity contribution is -0.571. The van der Waals surface area contributed by atoms with Crippen molar-refractivity contribution in [2.24, 2.45) is 0 Å². The summed E-state index contributed by atoms with van der Waals surface area (Å²) in [6.07, 6.45) is 4.62. The van der Waals surface area contributed by atoms with Gasteiger partial charge in [0.25, 0.3) is 6.33 Å². The molecule has 0 N–H and O–H groups in total. The van der Waals surface area contributed by atoms with Crippen LogP contribution in [0.3, 0.4) is 0 Å². The lowest BCUT2D eigenvalue weighted by Gasteiger charge is -2.34. The quantitative estimate of drug-likeness (QED) is 0.0444. The highest BCUT2D eigenvalue weighted by atomic mass is 28.3. The SMILES string of the molecule is [2H]c1c([2H])c([2H])c(-c2cnc(-n3c4ccccc4c4ccc(Oc5cccc(-n6[c-][n+](-c7c(-c8cc(C(C)(C)C)cc(C(C)(C)C)c8)cccc7-c7c([2H])c(-c8c([2H])c([2H])c([2H])c([2H])c8[2H])c([2H])c(-c8c([2H])c([2H])c([2H])c([2H])c8[2H])c7[2H])c7ccc(-c8c([2H])c([2H])c([2H])c([Si](c9c([2H])c([2H])c([2H])c([2H])c9[2H])(c9c([2H])c([2H])c([2H])c([2H])c9[2H])c9c([2H])c([2H])c([2H])c([2H])c9[2H])c8[2H])cc76)c5)cc43)cc2C([2H])([2H])[2H])c([2H])c1[2H]. The number of ether oxygens (including phenoxy) is 1. The molecule has 3 aromatic heterocycles. The molecule has 0 bridgehead atoms. The maximum Gasteiger partial charge on any atom is 0.269 e. The highest BCUT2D eigenvalue weighted by Gasteiger charge is 2.41. The Morgan fingerprint density at radius 3 is 1.54 bits per heavy atom. The van der Waals surface area contributed by atoms with Crippen LogP contribution in [0.5, 0.6) is 11.5 Å². The summed E-state index contributed by atoms with van der Waals surface area (Å²) in [6, 6.07) is -4.29. The van der Waals surface area contributed by atoms with Gasteiger partial charge >= 0.3 is 0 Å². The second-order valence-electron chi connectivity index (χ2n) is 26.7. The van der Waals surface area contributed by atoms with Crippen LogP contribution in [0, 0.1) is 13.2 Å². The first kappa shape index (κ1) is 35.1. The average molecular weight is 1410 g/mol. The van der Waals surface area contributed by atoms with Gasteiger partial charge in [-0.25, -0.2) is 4.98 Å². The monoisotopic (exact) mass is 1410 g/mol. The summed E-state index contributed by atoms with van der Waals surface area (Å²) in [7, 11) is -6.50. The Bertz CT molecular complexity index is 8120. The number of hydrogen-bond donors (Lipinski definition) is 0. The van der Waals surface area contributed by atoms with Crippen molar-refractivity contribution < 1.29 is 64.1 Å². The number of imidazole rings is 1.